The van der Waals surface area contributed by atoms with Crippen LogP contribution in [0.15, 0.2) is 44.9 Å². The molecule has 25 heavy (non-hydrogen) atoms. The van der Waals surface area contributed by atoms with Gasteiger partial charge in [-0.25, -0.2) is 8.42 Å². The summed E-state index contributed by atoms with van der Waals surface area (Å²) in [6, 6.07) is 7.63. The second kappa shape index (κ2) is 8.33. The van der Waals surface area contributed by atoms with E-state index in [1.807, 2.05) is 0 Å². The predicted octanol–water partition coefficient (Wildman–Crippen LogP) is 3.37. The van der Waals surface area contributed by atoms with Gasteiger partial charge in [0.2, 0.25) is 0 Å². The van der Waals surface area contributed by atoms with Crippen molar-refractivity contribution in [2.75, 3.05) is 6.61 Å². The van der Waals surface area contributed by atoms with Gasteiger partial charge in [-0.05, 0) is 41.7 Å². The SMILES string of the molecule is C.CC(C)(C)CCCCOc1no[n+]([O-])c1S(=O)(=O)c1ccccc1. The van der Waals surface area contributed by atoms with Crippen molar-refractivity contribution in [3.8, 4) is 5.88 Å². The molecule has 0 aliphatic carbocycles. The van der Waals surface area contributed by atoms with Crippen molar-refractivity contribution in [2.24, 2.45) is 5.41 Å². The molecule has 2 aromatic rings. The summed E-state index contributed by atoms with van der Waals surface area (Å²) in [6.45, 7) is 6.71. The number of nitrogens with zero attached hydrogens (tertiary/aromatic N) is 2. The minimum atomic E-state index is -4.05. The first-order valence-electron chi connectivity index (χ1n) is 7.74. The third-order valence-electron chi connectivity index (χ3n) is 3.41. The maximum absolute atomic E-state index is 12.6. The molecule has 7 nitrogen and oxygen atoms in total. The standard InChI is InChI=1S/C16H22N2O5S.CH4/c1-16(2,3)11-7-8-12-22-14-15(18(19)23-17-14)24(20,21)13-9-5-4-6-10-13;/h4-6,9-10H,7-8,11-12H2,1-3H3;1H4. The van der Waals surface area contributed by atoms with Crippen LogP contribution in [-0.2, 0) is 9.84 Å². The molecule has 0 radical (unpaired) electrons. The van der Waals surface area contributed by atoms with Crippen molar-refractivity contribution < 1.29 is 22.7 Å². The summed E-state index contributed by atoms with van der Waals surface area (Å²) in [5, 5.41) is 14.5. The van der Waals surface area contributed by atoms with Crippen LogP contribution in [0.25, 0.3) is 0 Å². The van der Waals surface area contributed by atoms with E-state index in [0.29, 0.717) is 0 Å². The van der Waals surface area contributed by atoms with E-state index in [1.54, 1.807) is 18.2 Å². The van der Waals surface area contributed by atoms with Gasteiger partial charge >= 0.3 is 10.9 Å². The highest BCUT2D eigenvalue weighted by atomic mass is 32.2. The van der Waals surface area contributed by atoms with Gasteiger partial charge in [0.05, 0.1) is 16.7 Å². The van der Waals surface area contributed by atoms with Gasteiger partial charge in [0.25, 0.3) is 9.84 Å². The zero-order valence-electron chi connectivity index (χ0n) is 14.1. The summed E-state index contributed by atoms with van der Waals surface area (Å²) < 4.78 is 34.9. The molecule has 1 aromatic heterocycles. The third kappa shape index (κ3) is 5.45. The molecule has 1 heterocycles. The van der Waals surface area contributed by atoms with Crippen LogP contribution >= 0.6 is 0 Å². The first-order chi connectivity index (χ1) is 11.2. The molecule has 140 valence electrons. The Morgan fingerprint density at radius 1 is 1.20 bits per heavy atom. The Bertz CT molecular complexity index is 764. The smallest absolute Gasteiger partial charge is 0.414 e. The summed E-state index contributed by atoms with van der Waals surface area (Å²) in [7, 11) is -4.05. The van der Waals surface area contributed by atoms with E-state index >= 15 is 0 Å². The van der Waals surface area contributed by atoms with Gasteiger partial charge < -0.3 is 9.94 Å². The number of unbranched alkanes of at least 4 members (excludes halogenated alkanes) is 1. The molecule has 0 spiro atoms. The van der Waals surface area contributed by atoms with E-state index in [1.165, 1.54) is 12.1 Å². The lowest BCUT2D eigenvalue weighted by atomic mass is 9.90. The maximum atomic E-state index is 12.6. The van der Waals surface area contributed by atoms with Crippen LogP contribution in [0.2, 0.25) is 0 Å². The Morgan fingerprint density at radius 3 is 2.44 bits per heavy atom. The molecule has 0 saturated heterocycles. The van der Waals surface area contributed by atoms with Crippen molar-refractivity contribution in [1.29, 1.82) is 0 Å². The Morgan fingerprint density at radius 2 is 1.84 bits per heavy atom. The van der Waals surface area contributed by atoms with Gasteiger partial charge in [0.1, 0.15) is 0 Å². The van der Waals surface area contributed by atoms with Crippen molar-refractivity contribution in [3.63, 3.8) is 0 Å². The van der Waals surface area contributed by atoms with Crippen LogP contribution in [0.1, 0.15) is 47.5 Å². The molecule has 0 N–H and O–H groups in total. The maximum Gasteiger partial charge on any atom is 0.414 e. The highest BCUT2D eigenvalue weighted by Crippen LogP contribution is 2.25. The van der Waals surface area contributed by atoms with E-state index in [-0.39, 0.29) is 35.1 Å². The lowest BCUT2D eigenvalue weighted by molar-refractivity contribution is -0.832. The molecule has 0 fully saturated rings. The third-order valence-corrected chi connectivity index (χ3v) is 5.14. The largest absolute Gasteiger partial charge is 0.454 e. The van der Waals surface area contributed by atoms with E-state index < -0.39 is 14.9 Å². The van der Waals surface area contributed by atoms with Crippen LogP contribution in [0, 0.1) is 10.6 Å². The van der Waals surface area contributed by atoms with Crippen LogP contribution in [0.3, 0.4) is 0 Å². The minimum Gasteiger partial charge on any atom is -0.454 e. The van der Waals surface area contributed by atoms with E-state index in [9.17, 15) is 13.6 Å². The molecule has 8 heteroatoms. The normalized spacial score (nSPS) is 11.8. The number of rotatable bonds is 7. The highest BCUT2D eigenvalue weighted by molar-refractivity contribution is 7.91. The molecular formula is C17H26N2O5S. The quantitative estimate of drug-likeness (QED) is 0.547. The number of hydrogen-bond acceptors (Lipinski definition) is 6. The molecule has 1 aromatic carbocycles. The number of sulfone groups is 1. The Balaban J connectivity index is 0.00000312. The summed E-state index contributed by atoms with van der Waals surface area (Å²) in [6.07, 6.45) is 2.68. The zero-order chi connectivity index (χ0) is 17.8. The molecule has 0 bridgehead atoms. The van der Waals surface area contributed by atoms with Crippen molar-refractivity contribution in [1.82, 2.24) is 5.16 Å². The zero-order valence-corrected chi connectivity index (χ0v) is 14.9. The fourth-order valence-electron chi connectivity index (χ4n) is 2.17. The van der Waals surface area contributed by atoms with Crippen LogP contribution in [-0.4, -0.2) is 20.2 Å². The lowest BCUT2D eigenvalue weighted by Gasteiger charge is -2.17. The van der Waals surface area contributed by atoms with Gasteiger partial charge in [0, 0.05) is 0 Å². The van der Waals surface area contributed by atoms with Crippen LogP contribution in [0.4, 0.5) is 0 Å². The summed E-state index contributed by atoms with van der Waals surface area (Å²) in [5.41, 5.74) is 0.230. The van der Waals surface area contributed by atoms with E-state index in [0.717, 1.165) is 19.3 Å². The molecular weight excluding hydrogens is 344 g/mol. The van der Waals surface area contributed by atoms with Crippen LogP contribution < -0.4 is 9.64 Å². The van der Waals surface area contributed by atoms with Gasteiger partial charge in [-0.15, -0.1) is 0 Å². The van der Waals surface area contributed by atoms with E-state index in [2.05, 4.69) is 30.6 Å². The number of ether oxygens (including phenoxy) is 1. The number of aromatic nitrogens is 2. The van der Waals surface area contributed by atoms with Crippen molar-refractivity contribution >= 4 is 9.84 Å². The molecule has 0 saturated carbocycles. The summed E-state index contributed by atoms with van der Waals surface area (Å²) in [5.74, 6) is -0.301. The molecule has 0 amide bonds. The molecule has 0 atom stereocenters. The summed E-state index contributed by atoms with van der Waals surface area (Å²) >= 11 is 0. The summed E-state index contributed by atoms with van der Waals surface area (Å²) in [4.78, 5) is -0.150. The van der Waals surface area contributed by atoms with Crippen LogP contribution in [0.5, 0.6) is 5.88 Å². The number of hydrogen-bond donors (Lipinski definition) is 0. The second-order valence-corrected chi connectivity index (χ2v) is 8.59. The monoisotopic (exact) mass is 370 g/mol. The van der Waals surface area contributed by atoms with Gasteiger partial charge in [-0.2, -0.15) is 0 Å². The molecule has 0 aliphatic heterocycles. The first-order valence-corrected chi connectivity index (χ1v) is 9.23. The fourth-order valence-corrected chi connectivity index (χ4v) is 3.46. The van der Waals surface area contributed by atoms with Gasteiger partial charge in [-0.3, -0.25) is 4.63 Å². The predicted molar refractivity (Wildman–Crippen MR) is 92.9 cm³/mol. The van der Waals surface area contributed by atoms with Gasteiger partial charge in [-0.1, -0.05) is 46.4 Å². The molecule has 2 rings (SSSR count). The van der Waals surface area contributed by atoms with Crippen molar-refractivity contribution in [3.05, 3.63) is 35.5 Å². The first kappa shape index (κ1) is 21.0. The highest BCUT2D eigenvalue weighted by Gasteiger charge is 2.35. The topological polar surface area (TPSA) is 96.3 Å². The van der Waals surface area contributed by atoms with Gasteiger partial charge in [0.15, 0.2) is 0 Å². The number of benzene rings is 1. The second-order valence-electron chi connectivity index (χ2n) is 6.72. The van der Waals surface area contributed by atoms with Crippen molar-refractivity contribution in [2.45, 2.75) is 57.4 Å². The average molecular weight is 370 g/mol. The Hall–Kier alpha value is -2.09. The Labute approximate surface area is 149 Å². The minimum absolute atomic E-state index is 0. The van der Waals surface area contributed by atoms with E-state index in [4.69, 9.17) is 4.74 Å². The molecule has 0 aliphatic rings. The average Bonchev–Trinajstić information content (AvgIpc) is 2.88. The molecule has 0 unspecified atom stereocenters. The fraction of sp³-hybridized carbons (Fsp3) is 0.529. The lowest BCUT2D eigenvalue weighted by Crippen LogP contribution is -2.31. The Kier molecular flexibility index (Phi) is 6.98.